The number of piperidine rings is 1. The molecule has 1 aromatic carbocycles. The summed E-state index contributed by atoms with van der Waals surface area (Å²) in [5.74, 6) is 0.334. The predicted octanol–water partition coefficient (Wildman–Crippen LogP) is 3.45. The molecular formula is C23H31N3O3S. The third-order valence-corrected chi connectivity index (χ3v) is 8.48. The van der Waals surface area contributed by atoms with Crippen LogP contribution in [0, 0.1) is 12.8 Å². The summed E-state index contributed by atoms with van der Waals surface area (Å²) < 4.78 is 24.1. The second-order valence-electron chi connectivity index (χ2n) is 9.16. The maximum atomic E-state index is 12.7. The van der Waals surface area contributed by atoms with E-state index in [1.807, 2.05) is 30.0 Å². The van der Waals surface area contributed by atoms with Crippen LogP contribution in [0.5, 0.6) is 0 Å². The molecule has 3 rings (SSSR count). The Bertz CT molecular complexity index is 987. The van der Waals surface area contributed by atoms with Gasteiger partial charge in [-0.05, 0) is 52.5 Å². The van der Waals surface area contributed by atoms with Crippen LogP contribution in [0.3, 0.4) is 0 Å². The normalized spacial score (nSPS) is 15.9. The van der Waals surface area contributed by atoms with Gasteiger partial charge < -0.3 is 4.90 Å². The summed E-state index contributed by atoms with van der Waals surface area (Å²) in [4.78, 5) is 23.4. The highest BCUT2D eigenvalue weighted by atomic mass is 32.2. The lowest BCUT2D eigenvalue weighted by Crippen LogP contribution is -2.42. The number of aromatic nitrogens is 2. The number of hydrogen-bond acceptors (Lipinski definition) is 5. The van der Waals surface area contributed by atoms with Crippen LogP contribution >= 0.6 is 0 Å². The van der Waals surface area contributed by atoms with Crippen molar-refractivity contribution in [2.75, 3.05) is 18.8 Å². The Hall–Kier alpha value is -2.28. The van der Waals surface area contributed by atoms with E-state index in [-0.39, 0.29) is 24.0 Å². The molecule has 0 unspecified atom stereocenters. The molecular weight excluding hydrogens is 398 g/mol. The summed E-state index contributed by atoms with van der Waals surface area (Å²) in [6.45, 7) is 8.45. The maximum Gasteiger partial charge on any atom is 0.228 e. The van der Waals surface area contributed by atoms with E-state index in [2.05, 4.69) is 16.0 Å². The van der Waals surface area contributed by atoms with Gasteiger partial charge in [0, 0.05) is 24.8 Å². The minimum atomic E-state index is -3.14. The molecule has 1 fully saturated rings. The van der Waals surface area contributed by atoms with Gasteiger partial charge in [-0.2, -0.15) is 0 Å². The summed E-state index contributed by atoms with van der Waals surface area (Å²) in [6, 6.07) is 8.07. The van der Waals surface area contributed by atoms with Gasteiger partial charge in [-0.25, -0.2) is 8.42 Å². The Kier molecular flexibility index (Phi) is 6.60. The topological polar surface area (TPSA) is 80.2 Å². The fraction of sp³-hybridized carbons (Fsp3) is 0.522. The smallest absolute Gasteiger partial charge is 0.228 e. The average Bonchev–Trinajstić information content (AvgIpc) is 2.68. The second-order valence-corrected chi connectivity index (χ2v) is 11.9. The van der Waals surface area contributed by atoms with Crippen molar-refractivity contribution in [3.63, 3.8) is 0 Å². The van der Waals surface area contributed by atoms with Crippen LogP contribution in [0.25, 0.3) is 11.3 Å². The van der Waals surface area contributed by atoms with Crippen LogP contribution in [-0.2, 0) is 21.1 Å². The van der Waals surface area contributed by atoms with Gasteiger partial charge in [-0.3, -0.25) is 14.8 Å². The largest absolute Gasteiger partial charge is 0.342 e. The molecule has 0 N–H and O–H groups in total. The molecule has 30 heavy (non-hydrogen) atoms. The predicted molar refractivity (Wildman–Crippen MR) is 119 cm³/mol. The minimum Gasteiger partial charge on any atom is -0.342 e. The van der Waals surface area contributed by atoms with Crippen molar-refractivity contribution in [1.29, 1.82) is 0 Å². The van der Waals surface area contributed by atoms with Gasteiger partial charge in [-0.15, -0.1) is 0 Å². The molecule has 2 aromatic rings. The van der Waals surface area contributed by atoms with Gasteiger partial charge in [0.1, 0.15) is 0 Å². The van der Waals surface area contributed by atoms with Gasteiger partial charge in [0.25, 0.3) is 0 Å². The molecule has 2 heterocycles. The summed E-state index contributed by atoms with van der Waals surface area (Å²) in [5.41, 5.74) is 3.60. The van der Waals surface area contributed by atoms with Crippen molar-refractivity contribution in [1.82, 2.24) is 14.9 Å². The molecule has 0 spiro atoms. The number of sulfone groups is 1. The summed E-state index contributed by atoms with van der Waals surface area (Å²) in [5, 5.41) is 0. The van der Waals surface area contributed by atoms with E-state index in [9.17, 15) is 13.2 Å². The molecule has 0 radical (unpaired) electrons. The zero-order valence-corrected chi connectivity index (χ0v) is 19.1. The monoisotopic (exact) mass is 429 g/mol. The molecule has 6 nitrogen and oxygen atoms in total. The molecule has 1 aromatic heterocycles. The van der Waals surface area contributed by atoms with E-state index < -0.39 is 14.6 Å². The van der Waals surface area contributed by atoms with Crippen LogP contribution < -0.4 is 0 Å². The third kappa shape index (κ3) is 5.45. The van der Waals surface area contributed by atoms with Crippen LogP contribution in [0.2, 0.25) is 0 Å². The van der Waals surface area contributed by atoms with Gasteiger partial charge >= 0.3 is 0 Å². The molecule has 1 saturated heterocycles. The molecule has 0 saturated carbocycles. The number of benzene rings is 1. The van der Waals surface area contributed by atoms with Crippen molar-refractivity contribution >= 4 is 15.7 Å². The number of rotatable bonds is 5. The van der Waals surface area contributed by atoms with Crippen molar-refractivity contribution in [3.8, 4) is 11.3 Å². The van der Waals surface area contributed by atoms with Crippen molar-refractivity contribution < 1.29 is 13.2 Å². The van der Waals surface area contributed by atoms with Gasteiger partial charge in [0.2, 0.25) is 5.91 Å². The number of amides is 1. The molecule has 1 amide bonds. The Labute approximate surface area is 179 Å². The highest BCUT2D eigenvalue weighted by molar-refractivity contribution is 7.92. The zero-order chi connectivity index (χ0) is 21.9. The molecule has 1 aliphatic heterocycles. The Morgan fingerprint density at radius 2 is 1.83 bits per heavy atom. The van der Waals surface area contributed by atoms with Crippen molar-refractivity contribution in [3.05, 3.63) is 47.9 Å². The lowest BCUT2D eigenvalue weighted by atomic mass is 9.98. The highest BCUT2D eigenvalue weighted by Gasteiger charge is 2.33. The first-order valence-electron chi connectivity index (χ1n) is 10.4. The van der Waals surface area contributed by atoms with E-state index in [1.165, 1.54) is 0 Å². The van der Waals surface area contributed by atoms with E-state index in [0.29, 0.717) is 18.8 Å². The molecule has 162 valence electrons. The Morgan fingerprint density at radius 3 is 2.40 bits per heavy atom. The van der Waals surface area contributed by atoms with E-state index in [4.69, 9.17) is 0 Å². The molecule has 1 aliphatic rings. The van der Waals surface area contributed by atoms with Crippen LogP contribution in [-0.4, -0.2) is 52.8 Å². The number of carbonyl (C=O) groups is 1. The Balaban J connectivity index is 1.54. The van der Waals surface area contributed by atoms with Crippen LogP contribution in [0.4, 0.5) is 0 Å². The fourth-order valence-electron chi connectivity index (χ4n) is 3.58. The van der Waals surface area contributed by atoms with Crippen LogP contribution in [0.15, 0.2) is 36.7 Å². The van der Waals surface area contributed by atoms with Gasteiger partial charge in [-0.1, -0.05) is 23.8 Å². The fourth-order valence-corrected chi connectivity index (χ4v) is 5.03. The van der Waals surface area contributed by atoms with E-state index >= 15 is 0 Å². The standard InChI is InChI=1S/C23H31N3O3S/c1-17-6-5-7-19(12-17)21-15-24-20(14-25-21)13-22(27)26-10-8-18(9-11-26)16-30(28,29)23(2,3)4/h5-7,12,14-15,18H,8-11,13,16H2,1-4H3. The number of nitrogens with zero attached hydrogens (tertiary/aromatic N) is 3. The average molecular weight is 430 g/mol. The first-order valence-corrected chi connectivity index (χ1v) is 12.1. The Morgan fingerprint density at radius 1 is 1.13 bits per heavy atom. The first-order chi connectivity index (χ1) is 14.0. The third-order valence-electron chi connectivity index (χ3n) is 5.71. The van der Waals surface area contributed by atoms with Gasteiger partial charge in [0.05, 0.1) is 34.5 Å². The van der Waals surface area contributed by atoms with E-state index in [0.717, 1.165) is 29.7 Å². The van der Waals surface area contributed by atoms with Crippen molar-refractivity contribution in [2.24, 2.45) is 5.92 Å². The summed E-state index contributed by atoms with van der Waals surface area (Å²) in [7, 11) is -3.14. The molecule has 0 bridgehead atoms. The molecule has 0 atom stereocenters. The lowest BCUT2D eigenvalue weighted by molar-refractivity contribution is -0.131. The summed E-state index contributed by atoms with van der Waals surface area (Å²) >= 11 is 0. The number of likely N-dealkylation sites (tertiary alicyclic amines) is 1. The minimum absolute atomic E-state index is 0.0183. The summed E-state index contributed by atoms with van der Waals surface area (Å²) in [6.07, 6.45) is 5.03. The zero-order valence-electron chi connectivity index (χ0n) is 18.3. The molecule has 0 aliphatic carbocycles. The number of aryl methyl sites for hydroxylation is 1. The highest BCUT2D eigenvalue weighted by Crippen LogP contribution is 2.25. The number of hydrogen-bond donors (Lipinski definition) is 0. The van der Waals surface area contributed by atoms with Crippen LogP contribution in [0.1, 0.15) is 44.9 Å². The lowest BCUT2D eigenvalue weighted by Gasteiger charge is -2.33. The van der Waals surface area contributed by atoms with E-state index in [1.54, 1.807) is 33.2 Å². The second kappa shape index (κ2) is 8.84. The number of carbonyl (C=O) groups excluding carboxylic acids is 1. The maximum absolute atomic E-state index is 12.7. The molecule has 7 heteroatoms. The first kappa shape index (κ1) is 22.4. The van der Waals surface area contributed by atoms with Crippen molar-refractivity contribution in [2.45, 2.75) is 51.7 Å². The quantitative estimate of drug-likeness (QED) is 0.727. The SMILES string of the molecule is Cc1cccc(-c2cnc(CC(=O)N3CCC(CS(=O)(=O)C(C)(C)C)CC3)cn2)c1. The van der Waals surface area contributed by atoms with Gasteiger partial charge in [0.15, 0.2) is 9.84 Å².